The summed E-state index contributed by atoms with van der Waals surface area (Å²) in [7, 11) is 0. The molecule has 1 aromatic heterocycles. The number of hydrogen-bond acceptors (Lipinski definition) is 3. The first-order chi connectivity index (χ1) is 11.0. The Labute approximate surface area is 141 Å². The summed E-state index contributed by atoms with van der Waals surface area (Å²) in [6.45, 7) is 0.125. The Balaban J connectivity index is 1.76. The fraction of sp³-hybridized carbons (Fsp3) is 0.125. The van der Waals surface area contributed by atoms with E-state index >= 15 is 0 Å². The van der Waals surface area contributed by atoms with Gasteiger partial charge in [0.25, 0.3) is 0 Å². The average molecular weight is 351 g/mol. The average Bonchev–Trinajstić information content (AvgIpc) is 2.82. The van der Waals surface area contributed by atoms with Gasteiger partial charge in [-0.1, -0.05) is 41.4 Å². The Bertz CT molecular complexity index is 930. The van der Waals surface area contributed by atoms with Crippen molar-refractivity contribution in [2.75, 3.05) is 0 Å². The third-order valence-corrected chi connectivity index (χ3v) is 3.97. The molecule has 0 fully saturated rings. The lowest BCUT2D eigenvalue weighted by Gasteiger charge is -2.07. The first-order valence-corrected chi connectivity index (χ1v) is 7.59. The van der Waals surface area contributed by atoms with E-state index < -0.39 is 5.76 Å². The van der Waals surface area contributed by atoms with Crippen molar-refractivity contribution in [1.29, 1.82) is 0 Å². The zero-order valence-electron chi connectivity index (χ0n) is 11.9. The maximum atomic E-state index is 12.1. The number of carbonyl (C=O) groups is 1. The smallest absolute Gasteiger partial charge is 0.408 e. The highest BCUT2D eigenvalue weighted by Crippen LogP contribution is 2.18. The van der Waals surface area contributed by atoms with Gasteiger partial charge in [0.05, 0.1) is 5.52 Å². The molecule has 0 spiro atoms. The molecule has 23 heavy (non-hydrogen) atoms. The topological polar surface area (TPSA) is 64.2 Å². The Hall–Kier alpha value is -2.24. The maximum Gasteiger partial charge on any atom is 0.420 e. The lowest BCUT2D eigenvalue weighted by atomic mass is 10.2. The number of nitrogens with one attached hydrogen (secondary N) is 1. The Kier molecular flexibility index (Phi) is 4.41. The zero-order valence-corrected chi connectivity index (χ0v) is 13.4. The SMILES string of the molecule is O=C(Cn1c(=O)oc2ccc(Cl)cc21)NCc1ccccc1Cl. The summed E-state index contributed by atoms with van der Waals surface area (Å²) in [5.41, 5.74) is 1.67. The van der Waals surface area contributed by atoms with Crippen LogP contribution in [0.3, 0.4) is 0 Å². The van der Waals surface area contributed by atoms with Crippen LogP contribution in [0.1, 0.15) is 5.56 Å². The van der Waals surface area contributed by atoms with Gasteiger partial charge in [0, 0.05) is 16.6 Å². The first kappa shape index (κ1) is 15.6. The molecular formula is C16H12Cl2N2O3. The van der Waals surface area contributed by atoms with Crippen molar-refractivity contribution < 1.29 is 9.21 Å². The summed E-state index contributed by atoms with van der Waals surface area (Å²) < 4.78 is 6.32. The van der Waals surface area contributed by atoms with Gasteiger partial charge < -0.3 is 9.73 Å². The van der Waals surface area contributed by atoms with Gasteiger partial charge in [-0.2, -0.15) is 0 Å². The number of halogens is 2. The molecule has 0 saturated heterocycles. The van der Waals surface area contributed by atoms with Crippen LogP contribution in [0.4, 0.5) is 0 Å². The molecule has 0 bridgehead atoms. The number of oxazole rings is 1. The molecule has 0 radical (unpaired) electrons. The van der Waals surface area contributed by atoms with Crippen LogP contribution in [-0.4, -0.2) is 10.5 Å². The highest BCUT2D eigenvalue weighted by atomic mass is 35.5. The molecule has 0 aliphatic carbocycles. The van der Waals surface area contributed by atoms with E-state index in [1.54, 1.807) is 24.3 Å². The number of benzene rings is 2. The van der Waals surface area contributed by atoms with Crippen LogP contribution in [0, 0.1) is 0 Å². The van der Waals surface area contributed by atoms with Crippen molar-refractivity contribution in [2.45, 2.75) is 13.1 Å². The summed E-state index contributed by atoms with van der Waals surface area (Å²) in [6, 6.07) is 12.0. The second-order valence-electron chi connectivity index (χ2n) is 4.93. The van der Waals surface area contributed by atoms with Crippen molar-refractivity contribution >= 4 is 40.2 Å². The summed E-state index contributed by atoms with van der Waals surface area (Å²) in [5, 5.41) is 3.76. The molecule has 1 N–H and O–H groups in total. The molecule has 1 heterocycles. The molecule has 7 heteroatoms. The van der Waals surface area contributed by atoms with Gasteiger partial charge in [0.1, 0.15) is 6.54 Å². The van der Waals surface area contributed by atoms with Crippen LogP contribution in [0.15, 0.2) is 51.7 Å². The number of hydrogen-bond donors (Lipinski definition) is 1. The maximum absolute atomic E-state index is 12.1. The Morgan fingerprint density at radius 3 is 2.74 bits per heavy atom. The summed E-state index contributed by atoms with van der Waals surface area (Å²) >= 11 is 12.0. The van der Waals surface area contributed by atoms with Crippen LogP contribution in [0.5, 0.6) is 0 Å². The number of fused-ring (bicyclic) bond motifs is 1. The zero-order chi connectivity index (χ0) is 16.4. The number of amides is 1. The van der Waals surface area contributed by atoms with Crippen molar-refractivity contribution in [2.24, 2.45) is 0 Å². The minimum atomic E-state index is -0.602. The van der Waals surface area contributed by atoms with E-state index in [1.165, 1.54) is 4.57 Å². The molecule has 0 aliphatic rings. The molecule has 0 aliphatic heterocycles. The van der Waals surface area contributed by atoms with Gasteiger partial charge >= 0.3 is 5.76 Å². The monoisotopic (exact) mass is 350 g/mol. The number of carbonyl (C=O) groups excluding carboxylic acids is 1. The summed E-state index contributed by atoms with van der Waals surface area (Å²) in [4.78, 5) is 24.0. The van der Waals surface area contributed by atoms with Gasteiger partial charge in [0.2, 0.25) is 5.91 Å². The molecule has 118 valence electrons. The molecule has 3 rings (SSSR count). The van der Waals surface area contributed by atoms with E-state index in [2.05, 4.69) is 5.32 Å². The lowest BCUT2D eigenvalue weighted by Crippen LogP contribution is -2.30. The predicted octanol–water partition coefficient (Wildman–Crippen LogP) is 3.22. The molecule has 0 atom stereocenters. The van der Waals surface area contributed by atoms with Crippen LogP contribution in [0.25, 0.3) is 11.1 Å². The first-order valence-electron chi connectivity index (χ1n) is 6.83. The van der Waals surface area contributed by atoms with Crippen molar-refractivity contribution in [3.05, 3.63) is 68.6 Å². The fourth-order valence-electron chi connectivity index (χ4n) is 2.22. The Morgan fingerprint density at radius 1 is 1.17 bits per heavy atom. The van der Waals surface area contributed by atoms with Crippen molar-refractivity contribution in [3.8, 4) is 0 Å². The van der Waals surface area contributed by atoms with E-state index in [0.717, 1.165) is 5.56 Å². The van der Waals surface area contributed by atoms with Crippen LogP contribution in [0.2, 0.25) is 10.0 Å². The van der Waals surface area contributed by atoms with E-state index in [9.17, 15) is 9.59 Å². The van der Waals surface area contributed by atoms with Crippen LogP contribution >= 0.6 is 23.2 Å². The lowest BCUT2D eigenvalue weighted by molar-refractivity contribution is -0.121. The van der Waals surface area contributed by atoms with Gasteiger partial charge in [-0.05, 0) is 29.8 Å². The summed E-state index contributed by atoms with van der Waals surface area (Å²) in [6.07, 6.45) is 0. The van der Waals surface area contributed by atoms with Crippen LogP contribution < -0.4 is 11.1 Å². The molecule has 3 aromatic rings. The van der Waals surface area contributed by atoms with E-state index in [-0.39, 0.29) is 19.0 Å². The molecule has 0 saturated carbocycles. The third-order valence-electron chi connectivity index (χ3n) is 3.37. The molecular weight excluding hydrogens is 339 g/mol. The largest absolute Gasteiger partial charge is 0.420 e. The molecule has 2 aromatic carbocycles. The highest BCUT2D eigenvalue weighted by molar-refractivity contribution is 6.31. The standard InChI is InChI=1S/C16H12Cl2N2O3/c17-11-5-6-14-13(7-11)20(16(22)23-14)9-15(21)19-8-10-3-1-2-4-12(10)18/h1-7H,8-9H2,(H,19,21). The van der Waals surface area contributed by atoms with E-state index in [1.807, 2.05) is 18.2 Å². The fourth-order valence-corrected chi connectivity index (χ4v) is 2.59. The van der Waals surface area contributed by atoms with E-state index in [4.69, 9.17) is 27.6 Å². The summed E-state index contributed by atoms with van der Waals surface area (Å²) in [5.74, 6) is -0.926. The second-order valence-corrected chi connectivity index (χ2v) is 5.78. The normalized spacial score (nSPS) is 10.9. The van der Waals surface area contributed by atoms with Gasteiger partial charge in [-0.15, -0.1) is 0 Å². The molecule has 0 unspecified atom stereocenters. The number of aromatic nitrogens is 1. The highest BCUT2D eigenvalue weighted by Gasteiger charge is 2.13. The minimum Gasteiger partial charge on any atom is -0.408 e. The Morgan fingerprint density at radius 2 is 1.96 bits per heavy atom. The minimum absolute atomic E-state index is 0.156. The van der Waals surface area contributed by atoms with Gasteiger partial charge in [-0.25, -0.2) is 4.79 Å². The molecule has 1 amide bonds. The number of rotatable bonds is 4. The molecule has 5 nitrogen and oxygen atoms in total. The van der Waals surface area contributed by atoms with Crippen molar-refractivity contribution in [3.63, 3.8) is 0 Å². The number of nitrogens with zero attached hydrogens (tertiary/aromatic N) is 1. The third kappa shape index (κ3) is 3.41. The van der Waals surface area contributed by atoms with Crippen molar-refractivity contribution in [1.82, 2.24) is 9.88 Å². The van der Waals surface area contributed by atoms with Gasteiger partial charge in [-0.3, -0.25) is 9.36 Å². The predicted molar refractivity (Wildman–Crippen MR) is 88.8 cm³/mol. The second kappa shape index (κ2) is 6.48. The van der Waals surface area contributed by atoms with Crippen LogP contribution in [-0.2, 0) is 17.9 Å². The van der Waals surface area contributed by atoms with E-state index in [0.29, 0.717) is 21.1 Å². The quantitative estimate of drug-likeness (QED) is 0.785. The van der Waals surface area contributed by atoms with Gasteiger partial charge in [0.15, 0.2) is 5.58 Å².